The number of allylic oxidation sites excluding steroid dienone is 4. The maximum Gasteiger partial charge on any atom is 0.306 e. The smallest absolute Gasteiger partial charge is 0.306 e. The standard InChI is InChI=1S/C69H130O6/c1-4-7-10-13-15-17-19-21-23-25-27-29-30-31-32-33-34-35-36-37-38-40-41-43-45-47-49-51-53-56-59-62-68(71)74-65-66(64-73-67(70)61-58-55-12-9-6-3)75-69(72)63-60-57-54-52-50-48-46-44-42-39-28-26-24-22-20-18-16-14-11-8-5-2/h20,22,26,28,66H,4-19,21,23-25,27,29-65H2,1-3H3/b22-20-,28-26-. The SMILES string of the molecule is CCCCCCC/C=C\C/C=C\CCCCCCCCCCCC(=O)OC(COC(=O)CCCCCCC)COC(=O)CCCCCCCCCCCCCCCCCCCCCCCCCCCCCCCCC. The summed E-state index contributed by atoms with van der Waals surface area (Å²) in [7, 11) is 0. The minimum absolute atomic E-state index is 0.0685. The summed E-state index contributed by atoms with van der Waals surface area (Å²) < 4.78 is 16.8. The molecule has 0 rings (SSSR count). The Morgan fingerprint density at radius 1 is 0.267 bits per heavy atom. The summed E-state index contributed by atoms with van der Waals surface area (Å²) in [4.78, 5) is 37.9. The lowest BCUT2D eigenvalue weighted by atomic mass is 10.0. The van der Waals surface area contributed by atoms with Crippen molar-refractivity contribution in [2.24, 2.45) is 0 Å². The molecule has 1 unspecified atom stereocenters. The van der Waals surface area contributed by atoms with E-state index in [1.807, 2.05) is 0 Å². The van der Waals surface area contributed by atoms with Crippen LogP contribution in [0.5, 0.6) is 0 Å². The van der Waals surface area contributed by atoms with Gasteiger partial charge in [0.1, 0.15) is 13.2 Å². The van der Waals surface area contributed by atoms with E-state index in [1.165, 1.54) is 270 Å². The number of carbonyl (C=O) groups excluding carboxylic acids is 3. The normalized spacial score (nSPS) is 12.1. The molecule has 0 fully saturated rings. The van der Waals surface area contributed by atoms with E-state index >= 15 is 0 Å². The van der Waals surface area contributed by atoms with Crippen molar-refractivity contribution in [3.05, 3.63) is 24.3 Å². The number of unbranched alkanes of at least 4 members (excludes halogenated alkanes) is 48. The van der Waals surface area contributed by atoms with Gasteiger partial charge in [-0.1, -0.05) is 334 Å². The molecule has 0 N–H and O–H groups in total. The number of hydrogen-bond donors (Lipinski definition) is 0. The summed E-state index contributed by atoms with van der Waals surface area (Å²) in [5, 5.41) is 0. The molecule has 0 aliphatic heterocycles. The van der Waals surface area contributed by atoms with Crippen LogP contribution in [0.1, 0.15) is 380 Å². The van der Waals surface area contributed by atoms with Crippen molar-refractivity contribution in [1.29, 1.82) is 0 Å². The van der Waals surface area contributed by atoms with E-state index in [9.17, 15) is 14.4 Å². The van der Waals surface area contributed by atoms with Gasteiger partial charge in [-0.25, -0.2) is 0 Å². The van der Waals surface area contributed by atoms with Crippen molar-refractivity contribution < 1.29 is 28.6 Å². The van der Waals surface area contributed by atoms with Crippen LogP contribution >= 0.6 is 0 Å². The fraction of sp³-hybridized carbons (Fsp3) is 0.899. The molecule has 0 spiro atoms. The summed E-state index contributed by atoms with van der Waals surface area (Å²) in [6, 6.07) is 0. The Balaban J connectivity index is 3.91. The number of ether oxygens (including phenoxy) is 3. The second-order valence-corrected chi connectivity index (χ2v) is 23.1. The number of hydrogen-bond acceptors (Lipinski definition) is 6. The third kappa shape index (κ3) is 62.6. The second-order valence-electron chi connectivity index (χ2n) is 23.1. The lowest BCUT2D eigenvalue weighted by molar-refractivity contribution is -0.167. The highest BCUT2D eigenvalue weighted by Crippen LogP contribution is 2.19. The summed E-state index contributed by atoms with van der Waals surface area (Å²) >= 11 is 0. The van der Waals surface area contributed by atoms with Crippen LogP contribution in [0.3, 0.4) is 0 Å². The van der Waals surface area contributed by atoms with Gasteiger partial charge < -0.3 is 14.2 Å². The van der Waals surface area contributed by atoms with Crippen molar-refractivity contribution >= 4 is 17.9 Å². The van der Waals surface area contributed by atoms with Gasteiger partial charge in [-0.05, 0) is 51.4 Å². The molecule has 6 heteroatoms. The van der Waals surface area contributed by atoms with Gasteiger partial charge in [-0.15, -0.1) is 0 Å². The molecule has 0 heterocycles. The highest BCUT2D eigenvalue weighted by molar-refractivity contribution is 5.71. The largest absolute Gasteiger partial charge is 0.462 e. The van der Waals surface area contributed by atoms with Crippen molar-refractivity contribution in [2.45, 2.75) is 386 Å². The van der Waals surface area contributed by atoms with Crippen molar-refractivity contribution in [2.75, 3.05) is 13.2 Å². The van der Waals surface area contributed by atoms with Crippen molar-refractivity contribution in [3.8, 4) is 0 Å². The average Bonchev–Trinajstić information content (AvgIpc) is 3.41. The van der Waals surface area contributed by atoms with Gasteiger partial charge in [0.05, 0.1) is 0 Å². The van der Waals surface area contributed by atoms with Gasteiger partial charge in [0.2, 0.25) is 0 Å². The van der Waals surface area contributed by atoms with E-state index in [2.05, 4.69) is 45.1 Å². The Hall–Kier alpha value is -2.11. The first-order valence-corrected chi connectivity index (χ1v) is 33.8. The Morgan fingerprint density at radius 3 is 0.733 bits per heavy atom. The molecule has 6 nitrogen and oxygen atoms in total. The van der Waals surface area contributed by atoms with E-state index in [4.69, 9.17) is 14.2 Å². The molecule has 0 aromatic rings. The predicted octanol–water partition coefficient (Wildman–Crippen LogP) is 23.0. The molecule has 0 aromatic carbocycles. The van der Waals surface area contributed by atoms with Crippen LogP contribution in [-0.2, 0) is 28.6 Å². The maximum absolute atomic E-state index is 12.8. The highest BCUT2D eigenvalue weighted by atomic mass is 16.6. The van der Waals surface area contributed by atoms with Crippen LogP contribution in [0, 0.1) is 0 Å². The molecule has 0 aliphatic rings. The van der Waals surface area contributed by atoms with Crippen LogP contribution in [-0.4, -0.2) is 37.2 Å². The lowest BCUT2D eigenvalue weighted by Gasteiger charge is -2.18. The Bertz CT molecular complexity index is 1210. The van der Waals surface area contributed by atoms with Gasteiger partial charge in [0.25, 0.3) is 0 Å². The maximum atomic E-state index is 12.8. The Morgan fingerprint density at radius 2 is 0.480 bits per heavy atom. The Labute approximate surface area is 468 Å². The minimum Gasteiger partial charge on any atom is -0.462 e. The summed E-state index contributed by atoms with van der Waals surface area (Å²) in [5.74, 6) is -0.864. The highest BCUT2D eigenvalue weighted by Gasteiger charge is 2.19. The van der Waals surface area contributed by atoms with E-state index < -0.39 is 6.10 Å². The molecule has 0 saturated heterocycles. The van der Waals surface area contributed by atoms with Gasteiger partial charge in [0.15, 0.2) is 6.10 Å². The van der Waals surface area contributed by atoms with Gasteiger partial charge in [-0.3, -0.25) is 14.4 Å². The molecule has 0 amide bonds. The van der Waals surface area contributed by atoms with Gasteiger partial charge >= 0.3 is 17.9 Å². The molecule has 0 radical (unpaired) electrons. The van der Waals surface area contributed by atoms with Crippen LogP contribution in [0.25, 0.3) is 0 Å². The van der Waals surface area contributed by atoms with E-state index in [0.717, 1.165) is 70.6 Å². The summed E-state index contributed by atoms with van der Waals surface area (Å²) in [6.07, 6.45) is 78.4. The summed E-state index contributed by atoms with van der Waals surface area (Å²) in [6.45, 7) is 6.61. The van der Waals surface area contributed by atoms with Crippen molar-refractivity contribution in [1.82, 2.24) is 0 Å². The van der Waals surface area contributed by atoms with Gasteiger partial charge in [0, 0.05) is 19.3 Å². The number of carbonyl (C=O) groups is 3. The van der Waals surface area contributed by atoms with E-state index in [-0.39, 0.29) is 31.1 Å². The average molecular weight is 1060 g/mol. The quantitative estimate of drug-likeness (QED) is 0.0261. The van der Waals surface area contributed by atoms with Crippen LogP contribution in [0.2, 0.25) is 0 Å². The fourth-order valence-electron chi connectivity index (χ4n) is 10.4. The second kappa shape index (κ2) is 64.4. The zero-order valence-corrected chi connectivity index (χ0v) is 50.8. The molecule has 442 valence electrons. The Kier molecular flexibility index (Phi) is 62.6. The third-order valence-corrected chi connectivity index (χ3v) is 15.5. The topological polar surface area (TPSA) is 78.9 Å². The van der Waals surface area contributed by atoms with E-state index in [1.54, 1.807) is 0 Å². The summed E-state index contributed by atoms with van der Waals surface area (Å²) in [5.41, 5.74) is 0. The van der Waals surface area contributed by atoms with E-state index in [0.29, 0.717) is 19.3 Å². The van der Waals surface area contributed by atoms with Crippen LogP contribution in [0.4, 0.5) is 0 Å². The molecule has 0 bridgehead atoms. The molecule has 0 saturated carbocycles. The molecule has 0 aliphatic carbocycles. The third-order valence-electron chi connectivity index (χ3n) is 15.5. The predicted molar refractivity (Wildman–Crippen MR) is 326 cm³/mol. The molecular weight excluding hydrogens is 925 g/mol. The number of rotatable bonds is 63. The first-order valence-electron chi connectivity index (χ1n) is 33.8. The van der Waals surface area contributed by atoms with Crippen LogP contribution in [0.15, 0.2) is 24.3 Å². The minimum atomic E-state index is -0.768. The van der Waals surface area contributed by atoms with Crippen LogP contribution < -0.4 is 0 Å². The molecule has 0 aromatic heterocycles. The van der Waals surface area contributed by atoms with Gasteiger partial charge in [-0.2, -0.15) is 0 Å². The van der Waals surface area contributed by atoms with Crippen molar-refractivity contribution in [3.63, 3.8) is 0 Å². The first kappa shape index (κ1) is 72.9. The monoisotopic (exact) mass is 1050 g/mol. The lowest BCUT2D eigenvalue weighted by Crippen LogP contribution is -2.30. The molecule has 75 heavy (non-hydrogen) atoms. The molecular formula is C69H130O6. The number of esters is 3. The zero-order chi connectivity index (χ0) is 54.3. The first-order chi connectivity index (χ1) is 37.0. The zero-order valence-electron chi connectivity index (χ0n) is 50.8. The fourth-order valence-corrected chi connectivity index (χ4v) is 10.4. The molecule has 1 atom stereocenters.